The molecule has 4 nitrogen and oxygen atoms in total. The number of carbonyl (C=O) groups excluding carboxylic acids is 1. The molecule has 1 N–H and O–H groups in total. The molecular weight excluding hydrogens is 216 g/mol. The summed E-state index contributed by atoms with van der Waals surface area (Å²) in [6.45, 7) is 3.28. The molecule has 0 saturated carbocycles. The number of aromatic nitrogens is 2. The van der Waals surface area contributed by atoms with Gasteiger partial charge < -0.3 is 4.98 Å². The summed E-state index contributed by atoms with van der Waals surface area (Å²) < 4.78 is 0. The maximum absolute atomic E-state index is 11.5. The summed E-state index contributed by atoms with van der Waals surface area (Å²) in [4.78, 5) is 29.3. The third kappa shape index (κ3) is 2.30. The second-order valence-electron chi connectivity index (χ2n) is 3.86. The van der Waals surface area contributed by atoms with Crippen molar-refractivity contribution in [2.75, 3.05) is 0 Å². The molecule has 1 heterocycles. The molecule has 0 saturated heterocycles. The van der Waals surface area contributed by atoms with Crippen molar-refractivity contribution in [2.45, 2.75) is 13.8 Å². The molecule has 0 spiro atoms. The van der Waals surface area contributed by atoms with Crippen LogP contribution in [0.1, 0.15) is 23.0 Å². The molecule has 0 aliphatic rings. The number of benzene rings is 1. The minimum Gasteiger partial charge on any atom is -0.310 e. The van der Waals surface area contributed by atoms with Crippen LogP contribution < -0.4 is 5.69 Å². The predicted octanol–water partition coefficient (Wildman–Crippen LogP) is 1.95. The van der Waals surface area contributed by atoms with Gasteiger partial charge in [0, 0.05) is 16.8 Å². The third-order valence-electron chi connectivity index (χ3n) is 2.46. The molecule has 1 aromatic heterocycles. The number of carbonyl (C=O) groups is 1. The Labute approximate surface area is 98.3 Å². The van der Waals surface area contributed by atoms with E-state index >= 15 is 0 Å². The van der Waals surface area contributed by atoms with Crippen LogP contribution in [0.3, 0.4) is 0 Å². The van der Waals surface area contributed by atoms with E-state index in [1.165, 1.54) is 6.92 Å². The average molecular weight is 228 g/mol. The van der Waals surface area contributed by atoms with Crippen LogP contribution in [0, 0.1) is 6.92 Å². The molecule has 2 aromatic rings. The van der Waals surface area contributed by atoms with E-state index in [2.05, 4.69) is 9.97 Å². The summed E-state index contributed by atoms with van der Waals surface area (Å²) in [5.41, 5.74) is 2.10. The van der Waals surface area contributed by atoms with Gasteiger partial charge in [-0.1, -0.05) is 24.3 Å². The van der Waals surface area contributed by atoms with Gasteiger partial charge in [-0.3, -0.25) is 4.79 Å². The van der Waals surface area contributed by atoms with Crippen LogP contribution in [-0.4, -0.2) is 15.8 Å². The maximum atomic E-state index is 11.5. The predicted molar refractivity (Wildman–Crippen MR) is 65.0 cm³/mol. The molecule has 0 bridgehead atoms. The van der Waals surface area contributed by atoms with E-state index in [0.717, 1.165) is 5.69 Å². The lowest BCUT2D eigenvalue weighted by molar-refractivity contribution is 0.101. The highest BCUT2D eigenvalue weighted by Gasteiger charge is 2.10. The van der Waals surface area contributed by atoms with Crippen molar-refractivity contribution in [3.05, 3.63) is 52.1 Å². The lowest BCUT2D eigenvalue weighted by atomic mass is 10.0. The average Bonchev–Trinajstić information content (AvgIpc) is 2.27. The molecule has 0 amide bonds. The molecule has 2 rings (SSSR count). The first-order valence-corrected chi connectivity index (χ1v) is 5.26. The van der Waals surface area contributed by atoms with Crippen LogP contribution in [0.5, 0.6) is 0 Å². The monoisotopic (exact) mass is 228 g/mol. The van der Waals surface area contributed by atoms with E-state index in [-0.39, 0.29) is 5.78 Å². The van der Waals surface area contributed by atoms with E-state index in [1.807, 2.05) is 6.07 Å². The molecule has 0 radical (unpaired) electrons. The molecule has 0 unspecified atom stereocenters. The minimum absolute atomic E-state index is 0.0414. The van der Waals surface area contributed by atoms with Crippen LogP contribution in [0.4, 0.5) is 0 Å². The summed E-state index contributed by atoms with van der Waals surface area (Å²) in [7, 11) is 0. The standard InChI is InChI=1S/C13H12N2O2/c1-8-7-12(15-13(17)14-8)11-6-4-3-5-10(11)9(2)16/h3-7H,1-2H3,(H,14,15,17). The summed E-state index contributed by atoms with van der Waals surface area (Å²) in [6, 6.07) is 8.89. The number of rotatable bonds is 2. The largest absolute Gasteiger partial charge is 0.345 e. The van der Waals surface area contributed by atoms with Gasteiger partial charge in [0.2, 0.25) is 0 Å². The molecule has 0 fully saturated rings. The Hall–Kier alpha value is -2.23. The van der Waals surface area contributed by atoms with E-state index in [0.29, 0.717) is 16.8 Å². The second-order valence-corrected chi connectivity index (χ2v) is 3.86. The highest BCUT2D eigenvalue weighted by Crippen LogP contribution is 2.21. The van der Waals surface area contributed by atoms with Crippen molar-refractivity contribution < 1.29 is 4.79 Å². The number of hydrogen-bond acceptors (Lipinski definition) is 3. The summed E-state index contributed by atoms with van der Waals surface area (Å²) in [6.07, 6.45) is 0. The fourth-order valence-electron chi connectivity index (χ4n) is 1.73. The lowest BCUT2D eigenvalue weighted by Crippen LogP contribution is -2.12. The molecule has 4 heteroatoms. The number of nitrogens with one attached hydrogen (secondary N) is 1. The minimum atomic E-state index is -0.404. The molecule has 17 heavy (non-hydrogen) atoms. The zero-order valence-electron chi connectivity index (χ0n) is 9.65. The number of hydrogen-bond donors (Lipinski definition) is 1. The zero-order chi connectivity index (χ0) is 12.4. The Balaban J connectivity index is 2.68. The first-order chi connectivity index (χ1) is 8.08. The van der Waals surface area contributed by atoms with E-state index < -0.39 is 5.69 Å². The second kappa shape index (κ2) is 4.33. The van der Waals surface area contributed by atoms with Gasteiger partial charge in [0.1, 0.15) is 0 Å². The smallest absolute Gasteiger partial charge is 0.310 e. The number of aryl methyl sites for hydroxylation is 1. The Bertz CT molecular complexity index is 629. The zero-order valence-corrected chi connectivity index (χ0v) is 9.65. The van der Waals surface area contributed by atoms with Gasteiger partial charge in [-0.15, -0.1) is 0 Å². The summed E-state index contributed by atoms with van der Waals surface area (Å²) in [5, 5.41) is 0. The Morgan fingerprint density at radius 3 is 2.65 bits per heavy atom. The quantitative estimate of drug-likeness (QED) is 0.799. The van der Waals surface area contributed by atoms with Gasteiger partial charge in [-0.05, 0) is 19.9 Å². The fourth-order valence-corrected chi connectivity index (χ4v) is 1.73. The summed E-state index contributed by atoms with van der Waals surface area (Å²) in [5.74, 6) is -0.0414. The first kappa shape index (κ1) is 11.3. The lowest BCUT2D eigenvalue weighted by Gasteiger charge is -2.06. The van der Waals surface area contributed by atoms with Crippen LogP contribution in [0.15, 0.2) is 35.1 Å². The van der Waals surface area contributed by atoms with Gasteiger partial charge in [-0.25, -0.2) is 4.79 Å². The molecule has 0 aliphatic heterocycles. The van der Waals surface area contributed by atoms with Crippen molar-refractivity contribution in [1.82, 2.24) is 9.97 Å². The topological polar surface area (TPSA) is 62.8 Å². The van der Waals surface area contributed by atoms with E-state index in [4.69, 9.17) is 0 Å². The van der Waals surface area contributed by atoms with E-state index in [1.54, 1.807) is 31.2 Å². The fraction of sp³-hybridized carbons (Fsp3) is 0.154. The highest BCUT2D eigenvalue weighted by atomic mass is 16.1. The van der Waals surface area contributed by atoms with Crippen molar-refractivity contribution in [3.8, 4) is 11.3 Å². The Kier molecular flexibility index (Phi) is 2.87. The molecule has 1 aromatic carbocycles. The first-order valence-electron chi connectivity index (χ1n) is 5.26. The van der Waals surface area contributed by atoms with Gasteiger partial charge >= 0.3 is 5.69 Å². The Morgan fingerprint density at radius 1 is 1.29 bits per heavy atom. The number of nitrogens with zero attached hydrogens (tertiary/aromatic N) is 1. The van der Waals surface area contributed by atoms with Gasteiger partial charge in [0.05, 0.1) is 5.69 Å². The van der Waals surface area contributed by atoms with Crippen molar-refractivity contribution in [3.63, 3.8) is 0 Å². The van der Waals surface area contributed by atoms with Crippen LogP contribution in [0.2, 0.25) is 0 Å². The highest BCUT2D eigenvalue weighted by molar-refractivity contribution is 6.00. The van der Waals surface area contributed by atoms with Gasteiger partial charge in [-0.2, -0.15) is 4.98 Å². The number of aromatic amines is 1. The van der Waals surface area contributed by atoms with Gasteiger partial charge in [0.15, 0.2) is 5.78 Å². The summed E-state index contributed by atoms with van der Waals surface area (Å²) >= 11 is 0. The molecule has 0 atom stereocenters. The van der Waals surface area contributed by atoms with Crippen molar-refractivity contribution in [2.24, 2.45) is 0 Å². The van der Waals surface area contributed by atoms with Crippen LogP contribution >= 0.6 is 0 Å². The molecular formula is C13H12N2O2. The third-order valence-corrected chi connectivity index (χ3v) is 2.46. The van der Waals surface area contributed by atoms with Crippen molar-refractivity contribution in [1.29, 1.82) is 0 Å². The molecule has 86 valence electrons. The van der Waals surface area contributed by atoms with Crippen LogP contribution in [0.25, 0.3) is 11.3 Å². The molecule has 0 aliphatic carbocycles. The van der Waals surface area contributed by atoms with E-state index in [9.17, 15) is 9.59 Å². The van der Waals surface area contributed by atoms with Crippen LogP contribution in [-0.2, 0) is 0 Å². The SMILES string of the molecule is CC(=O)c1ccccc1-c1cc(C)[nH]c(=O)n1. The maximum Gasteiger partial charge on any atom is 0.345 e. The normalized spacial score (nSPS) is 10.2. The van der Waals surface area contributed by atoms with Crippen molar-refractivity contribution >= 4 is 5.78 Å². The number of Topliss-reactive ketones (excluding diaryl/α,β-unsaturated/α-hetero) is 1. The van der Waals surface area contributed by atoms with Gasteiger partial charge in [0.25, 0.3) is 0 Å². The Morgan fingerprint density at radius 2 is 2.00 bits per heavy atom. The number of H-pyrrole nitrogens is 1. The number of ketones is 1.